The largest absolute Gasteiger partial charge is 0.481 e. The third-order valence-corrected chi connectivity index (χ3v) is 2.83. The summed E-state index contributed by atoms with van der Waals surface area (Å²) in [6.07, 6.45) is 4.22. The van der Waals surface area contributed by atoms with Crippen LogP contribution >= 0.6 is 34.8 Å². The molecule has 0 heterocycles. The van der Waals surface area contributed by atoms with E-state index in [1.54, 1.807) is 0 Å². The third-order valence-electron chi connectivity index (χ3n) is 2.27. The van der Waals surface area contributed by atoms with E-state index < -0.39 is 9.76 Å². The van der Waals surface area contributed by atoms with Gasteiger partial charge in [-0.15, -0.1) is 0 Å². The summed E-state index contributed by atoms with van der Waals surface area (Å²) in [5.41, 5.74) is 0. The van der Waals surface area contributed by atoms with Gasteiger partial charge in [0.1, 0.15) is 0 Å². The molecule has 0 spiro atoms. The molecule has 0 rings (SSSR count). The summed E-state index contributed by atoms with van der Waals surface area (Å²) in [6.45, 7) is 2.08. The summed E-state index contributed by atoms with van der Waals surface area (Å²) in [5, 5.41) is 8.71. The summed E-state index contributed by atoms with van der Waals surface area (Å²) < 4.78 is -1.26. The summed E-state index contributed by atoms with van der Waals surface area (Å²) >= 11 is 16.9. The molecule has 0 saturated carbocycles. The van der Waals surface area contributed by atoms with E-state index in [2.05, 4.69) is 6.92 Å². The minimum atomic E-state index is -1.26. The Bertz CT molecular complexity index is 190. The number of unbranched alkanes of at least 4 members (excludes halogenated alkanes) is 1. The van der Waals surface area contributed by atoms with Crippen LogP contribution < -0.4 is 0 Å². The van der Waals surface area contributed by atoms with Gasteiger partial charge in [0.2, 0.25) is 0 Å². The van der Waals surface area contributed by atoms with Crippen LogP contribution in [0.2, 0.25) is 0 Å². The fourth-order valence-electron chi connectivity index (χ4n) is 1.46. The molecule has 1 N–H and O–H groups in total. The third kappa shape index (κ3) is 10.6. The second-order valence-electron chi connectivity index (χ2n) is 3.76. The van der Waals surface area contributed by atoms with Crippen molar-refractivity contribution in [3.8, 4) is 0 Å². The molecule has 0 aliphatic carbocycles. The Morgan fingerprint density at radius 2 is 1.93 bits per heavy atom. The molecule has 0 amide bonds. The van der Waals surface area contributed by atoms with E-state index in [9.17, 15) is 4.79 Å². The Labute approximate surface area is 106 Å². The molecule has 0 aromatic carbocycles. The molecule has 1 unspecified atom stereocenters. The summed E-state index contributed by atoms with van der Waals surface area (Å²) in [5.74, 6) is -0.654. The molecule has 0 radical (unpaired) electrons. The van der Waals surface area contributed by atoms with E-state index in [1.165, 1.54) is 0 Å². The maximum Gasteiger partial charge on any atom is 0.303 e. The predicted molar refractivity (Wildman–Crippen MR) is 64.8 cm³/mol. The van der Waals surface area contributed by atoms with Crippen LogP contribution in [-0.2, 0) is 4.79 Å². The molecule has 1 atom stereocenters. The highest BCUT2D eigenvalue weighted by Crippen LogP contribution is 2.34. The van der Waals surface area contributed by atoms with Gasteiger partial charge in [0.05, 0.1) is 0 Å². The summed E-state index contributed by atoms with van der Waals surface area (Å²) in [4.78, 5) is 10.6. The molecule has 0 aliphatic rings. The number of carboxylic acid groups (broad SMARTS) is 1. The Balaban J connectivity index is 3.95. The zero-order chi connectivity index (χ0) is 11.9. The van der Waals surface area contributed by atoms with Crippen LogP contribution in [0.1, 0.15) is 45.4 Å². The van der Waals surface area contributed by atoms with Crippen molar-refractivity contribution in [2.75, 3.05) is 0 Å². The molecule has 0 aromatic rings. The maximum atomic E-state index is 10.6. The predicted octanol–water partition coefficient (Wildman–Crippen LogP) is 4.42. The highest BCUT2D eigenvalue weighted by atomic mass is 35.6. The molecule has 0 saturated heterocycles. The van der Waals surface area contributed by atoms with E-state index >= 15 is 0 Å². The number of hydrogen-bond donors (Lipinski definition) is 1. The number of carboxylic acids is 1. The monoisotopic (exact) mass is 274 g/mol. The van der Waals surface area contributed by atoms with Crippen molar-refractivity contribution in [1.29, 1.82) is 0 Å². The van der Waals surface area contributed by atoms with Gasteiger partial charge in [0.25, 0.3) is 0 Å². The second kappa shape index (κ2) is 7.59. The van der Waals surface area contributed by atoms with Crippen molar-refractivity contribution in [3.05, 3.63) is 0 Å². The van der Waals surface area contributed by atoms with Crippen molar-refractivity contribution < 1.29 is 9.90 Å². The van der Waals surface area contributed by atoms with E-state index in [4.69, 9.17) is 39.9 Å². The fourth-order valence-corrected chi connectivity index (χ4v) is 1.78. The number of alkyl halides is 3. The Morgan fingerprint density at radius 1 is 1.33 bits per heavy atom. The van der Waals surface area contributed by atoms with Crippen LogP contribution in [0.25, 0.3) is 0 Å². The average Bonchev–Trinajstić information content (AvgIpc) is 2.07. The normalized spacial score (nSPS) is 13.9. The van der Waals surface area contributed by atoms with Crippen molar-refractivity contribution in [2.24, 2.45) is 5.92 Å². The van der Waals surface area contributed by atoms with Gasteiger partial charge >= 0.3 is 5.97 Å². The zero-order valence-electron chi connectivity index (χ0n) is 8.81. The van der Waals surface area contributed by atoms with Gasteiger partial charge in [-0.1, -0.05) is 54.6 Å². The summed E-state index contributed by atoms with van der Waals surface area (Å²) in [7, 11) is 0. The fraction of sp³-hybridized carbons (Fsp3) is 0.900. The van der Waals surface area contributed by atoms with Gasteiger partial charge in [-0.05, 0) is 25.2 Å². The van der Waals surface area contributed by atoms with Gasteiger partial charge in [0, 0.05) is 6.42 Å². The molecule has 2 nitrogen and oxygen atoms in total. The van der Waals surface area contributed by atoms with Gasteiger partial charge in [-0.25, -0.2) is 0 Å². The molecule has 15 heavy (non-hydrogen) atoms. The van der Waals surface area contributed by atoms with Crippen LogP contribution in [0.5, 0.6) is 0 Å². The molecule has 0 aliphatic heterocycles. The smallest absolute Gasteiger partial charge is 0.303 e. The molecule has 90 valence electrons. The standard InChI is InChI=1S/C10H17Cl3O2/c1-2-3-4-8(7-9(14)15)5-6-10(11,12)13/h8H,2-7H2,1H3,(H,14,15). The van der Waals surface area contributed by atoms with Crippen LogP contribution in [0.3, 0.4) is 0 Å². The first-order valence-electron chi connectivity index (χ1n) is 5.13. The van der Waals surface area contributed by atoms with E-state index in [0.717, 1.165) is 19.3 Å². The van der Waals surface area contributed by atoms with Crippen molar-refractivity contribution in [1.82, 2.24) is 0 Å². The Kier molecular flexibility index (Phi) is 7.76. The first-order valence-corrected chi connectivity index (χ1v) is 6.27. The van der Waals surface area contributed by atoms with Crippen LogP contribution in [0.15, 0.2) is 0 Å². The lowest BCUT2D eigenvalue weighted by Crippen LogP contribution is -2.12. The number of halogens is 3. The highest BCUT2D eigenvalue weighted by molar-refractivity contribution is 6.67. The van der Waals surface area contributed by atoms with Crippen LogP contribution in [0.4, 0.5) is 0 Å². The van der Waals surface area contributed by atoms with Gasteiger partial charge in [0.15, 0.2) is 3.79 Å². The zero-order valence-corrected chi connectivity index (χ0v) is 11.1. The minimum Gasteiger partial charge on any atom is -0.481 e. The lowest BCUT2D eigenvalue weighted by Gasteiger charge is -2.17. The van der Waals surface area contributed by atoms with Gasteiger partial charge in [-0.2, -0.15) is 0 Å². The molecule has 0 bridgehead atoms. The topological polar surface area (TPSA) is 37.3 Å². The Hall–Kier alpha value is 0.340. The van der Waals surface area contributed by atoms with E-state index in [0.29, 0.717) is 12.8 Å². The van der Waals surface area contributed by atoms with Gasteiger partial charge < -0.3 is 5.11 Å². The maximum absolute atomic E-state index is 10.6. The first kappa shape index (κ1) is 15.3. The van der Waals surface area contributed by atoms with Crippen molar-refractivity contribution >= 4 is 40.8 Å². The summed E-state index contributed by atoms with van der Waals surface area (Å²) in [6, 6.07) is 0. The second-order valence-corrected chi connectivity index (χ2v) is 6.28. The minimum absolute atomic E-state index is 0.123. The quantitative estimate of drug-likeness (QED) is 0.698. The highest BCUT2D eigenvalue weighted by Gasteiger charge is 2.22. The number of aliphatic carboxylic acids is 1. The molecular weight excluding hydrogens is 258 g/mol. The number of carbonyl (C=O) groups is 1. The van der Waals surface area contributed by atoms with Crippen LogP contribution in [0, 0.1) is 5.92 Å². The van der Waals surface area contributed by atoms with E-state index in [1.807, 2.05) is 0 Å². The molecule has 0 aromatic heterocycles. The number of rotatable bonds is 7. The lowest BCUT2D eigenvalue weighted by molar-refractivity contribution is -0.138. The molecular formula is C10H17Cl3O2. The Morgan fingerprint density at radius 3 is 2.33 bits per heavy atom. The number of hydrogen-bond acceptors (Lipinski definition) is 1. The van der Waals surface area contributed by atoms with E-state index in [-0.39, 0.29) is 12.3 Å². The van der Waals surface area contributed by atoms with Crippen molar-refractivity contribution in [3.63, 3.8) is 0 Å². The SMILES string of the molecule is CCCCC(CCC(Cl)(Cl)Cl)CC(=O)O. The molecule has 5 heteroatoms. The van der Waals surface area contributed by atoms with Gasteiger partial charge in [-0.3, -0.25) is 4.79 Å². The molecule has 0 fully saturated rings. The lowest BCUT2D eigenvalue weighted by atomic mass is 9.94. The van der Waals surface area contributed by atoms with Crippen molar-refractivity contribution in [2.45, 2.75) is 49.2 Å². The average molecular weight is 276 g/mol. The first-order chi connectivity index (χ1) is 6.85. The van der Waals surface area contributed by atoms with Crippen LogP contribution in [-0.4, -0.2) is 14.9 Å².